The van der Waals surface area contributed by atoms with Crippen molar-refractivity contribution in [1.82, 2.24) is 0 Å². The first-order valence-electron chi connectivity index (χ1n) is 5.14. The third-order valence-electron chi connectivity index (χ3n) is 2.70. The number of carbonyl (C=O) groups excluding carboxylic acids is 2. The molecule has 1 aromatic rings. The highest BCUT2D eigenvalue weighted by atomic mass is 32.2. The lowest BCUT2D eigenvalue weighted by Gasteiger charge is -2.14. The van der Waals surface area contributed by atoms with E-state index in [-0.39, 0.29) is 17.7 Å². The summed E-state index contributed by atoms with van der Waals surface area (Å²) in [5, 5.41) is 0. The van der Waals surface area contributed by atoms with E-state index >= 15 is 0 Å². The van der Waals surface area contributed by atoms with Gasteiger partial charge in [-0.15, -0.1) is 11.8 Å². The van der Waals surface area contributed by atoms with Crippen LogP contribution in [0.15, 0.2) is 29.2 Å². The van der Waals surface area contributed by atoms with Gasteiger partial charge in [0.25, 0.3) is 0 Å². The zero-order valence-electron chi connectivity index (χ0n) is 9.27. The molecule has 0 bridgehead atoms. The zero-order chi connectivity index (χ0) is 11.7. The number of imide groups is 1. The maximum absolute atomic E-state index is 11.8. The van der Waals surface area contributed by atoms with E-state index in [4.69, 9.17) is 0 Å². The van der Waals surface area contributed by atoms with Gasteiger partial charge in [-0.2, -0.15) is 0 Å². The fraction of sp³-hybridized carbons (Fsp3) is 0.333. The van der Waals surface area contributed by atoms with E-state index in [1.54, 1.807) is 18.7 Å². The number of anilines is 1. The van der Waals surface area contributed by atoms with Crippen molar-refractivity contribution in [2.75, 3.05) is 11.2 Å². The summed E-state index contributed by atoms with van der Waals surface area (Å²) in [4.78, 5) is 25.8. The molecule has 16 heavy (non-hydrogen) atoms. The SMILES string of the molecule is CSc1ccc(N2C(=O)CC(C)C2=O)cc1. The molecule has 2 rings (SSSR count). The third-order valence-corrected chi connectivity index (χ3v) is 3.45. The largest absolute Gasteiger partial charge is 0.274 e. The molecule has 0 spiro atoms. The number of benzene rings is 1. The molecule has 1 aliphatic rings. The van der Waals surface area contributed by atoms with Crippen LogP contribution in [0.3, 0.4) is 0 Å². The number of hydrogen-bond donors (Lipinski definition) is 0. The minimum absolute atomic E-state index is 0.0955. The number of amides is 2. The van der Waals surface area contributed by atoms with E-state index in [2.05, 4.69) is 0 Å². The van der Waals surface area contributed by atoms with Gasteiger partial charge in [-0.05, 0) is 30.5 Å². The lowest BCUT2D eigenvalue weighted by Crippen LogP contribution is -2.29. The van der Waals surface area contributed by atoms with Gasteiger partial charge in [-0.1, -0.05) is 6.92 Å². The summed E-state index contributed by atoms with van der Waals surface area (Å²) in [5.74, 6) is -0.385. The van der Waals surface area contributed by atoms with E-state index in [0.29, 0.717) is 12.1 Å². The fourth-order valence-electron chi connectivity index (χ4n) is 1.79. The van der Waals surface area contributed by atoms with Crippen LogP contribution in [-0.2, 0) is 9.59 Å². The zero-order valence-corrected chi connectivity index (χ0v) is 10.1. The lowest BCUT2D eigenvalue weighted by molar-refractivity contribution is -0.122. The molecule has 1 unspecified atom stereocenters. The summed E-state index contributed by atoms with van der Waals surface area (Å²) in [6, 6.07) is 7.48. The van der Waals surface area contributed by atoms with Gasteiger partial charge in [0, 0.05) is 17.2 Å². The normalized spacial score (nSPS) is 20.6. The van der Waals surface area contributed by atoms with Gasteiger partial charge in [0.15, 0.2) is 0 Å². The van der Waals surface area contributed by atoms with Crippen LogP contribution in [0.25, 0.3) is 0 Å². The number of nitrogens with zero attached hydrogens (tertiary/aromatic N) is 1. The Morgan fingerprint density at radius 3 is 2.31 bits per heavy atom. The average Bonchev–Trinajstić information content (AvgIpc) is 2.54. The molecule has 1 atom stereocenters. The topological polar surface area (TPSA) is 37.4 Å². The summed E-state index contributed by atoms with van der Waals surface area (Å²) in [5.41, 5.74) is 0.678. The van der Waals surface area contributed by atoms with Crippen LogP contribution in [0, 0.1) is 5.92 Å². The Balaban J connectivity index is 2.30. The van der Waals surface area contributed by atoms with E-state index < -0.39 is 0 Å². The highest BCUT2D eigenvalue weighted by molar-refractivity contribution is 7.98. The smallest absolute Gasteiger partial charge is 0.237 e. The second-order valence-electron chi connectivity index (χ2n) is 3.87. The monoisotopic (exact) mass is 235 g/mol. The summed E-state index contributed by atoms with van der Waals surface area (Å²) in [6.45, 7) is 1.79. The first-order chi connectivity index (χ1) is 7.63. The second kappa shape index (κ2) is 4.29. The fourth-order valence-corrected chi connectivity index (χ4v) is 2.19. The molecule has 0 saturated carbocycles. The average molecular weight is 235 g/mol. The highest BCUT2D eigenvalue weighted by Crippen LogP contribution is 2.27. The van der Waals surface area contributed by atoms with Crippen molar-refractivity contribution in [1.29, 1.82) is 0 Å². The van der Waals surface area contributed by atoms with Crippen LogP contribution >= 0.6 is 11.8 Å². The molecule has 1 aliphatic heterocycles. The van der Waals surface area contributed by atoms with Gasteiger partial charge in [-0.3, -0.25) is 14.5 Å². The van der Waals surface area contributed by atoms with Crippen molar-refractivity contribution in [3.63, 3.8) is 0 Å². The van der Waals surface area contributed by atoms with Crippen molar-refractivity contribution in [3.8, 4) is 0 Å². The predicted molar refractivity (Wildman–Crippen MR) is 64.5 cm³/mol. The van der Waals surface area contributed by atoms with Gasteiger partial charge in [0.1, 0.15) is 0 Å². The second-order valence-corrected chi connectivity index (χ2v) is 4.75. The Morgan fingerprint density at radius 1 is 1.25 bits per heavy atom. The molecule has 0 aromatic heterocycles. The molecule has 0 N–H and O–H groups in total. The van der Waals surface area contributed by atoms with Crippen molar-refractivity contribution in [2.24, 2.45) is 5.92 Å². The summed E-state index contributed by atoms with van der Waals surface area (Å²) in [7, 11) is 0. The Kier molecular flexibility index (Phi) is 3.01. The third kappa shape index (κ3) is 1.85. The number of carbonyl (C=O) groups is 2. The van der Waals surface area contributed by atoms with Crippen LogP contribution in [0.1, 0.15) is 13.3 Å². The van der Waals surface area contributed by atoms with E-state index in [9.17, 15) is 9.59 Å². The predicted octanol–water partition coefficient (Wildman–Crippen LogP) is 2.31. The van der Waals surface area contributed by atoms with Crippen LogP contribution in [0.5, 0.6) is 0 Å². The Morgan fingerprint density at radius 2 is 1.88 bits per heavy atom. The Labute approximate surface area is 98.8 Å². The molecule has 1 aromatic carbocycles. The maximum atomic E-state index is 11.8. The van der Waals surface area contributed by atoms with Gasteiger partial charge in [0.2, 0.25) is 11.8 Å². The minimum Gasteiger partial charge on any atom is -0.274 e. The summed E-state index contributed by atoms with van der Waals surface area (Å²) in [6.07, 6.45) is 2.31. The molecule has 0 aliphatic carbocycles. The van der Waals surface area contributed by atoms with Crippen LogP contribution in [0.2, 0.25) is 0 Å². The number of hydrogen-bond acceptors (Lipinski definition) is 3. The van der Waals surface area contributed by atoms with Gasteiger partial charge >= 0.3 is 0 Å². The van der Waals surface area contributed by atoms with E-state index in [0.717, 1.165) is 4.90 Å². The first-order valence-corrected chi connectivity index (χ1v) is 6.37. The molecular formula is C12H13NO2S. The summed E-state index contributed by atoms with van der Waals surface area (Å²) < 4.78 is 0. The molecule has 1 heterocycles. The molecule has 3 nitrogen and oxygen atoms in total. The summed E-state index contributed by atoms with van der Waals surface area (Å²) >= 11 is 1.63. The lowest BCUT2D eigenvalue weighted by atomic mass is 10.1. The molecule has 84 valence electrons. The molecule has 1 fully saturated rings. The number of thioether (sulfide) groups is 1. The molecule has 2 amide bonds. The maximum Gasteiger partial charge on any atom is 0.237 e. The number of rotatable bonds is 2. The van der Waals surface area contributed by atoms with Crippen molar-refractivity contribution in [2.45, 2.75) is 18.2 Å². The standard InChI is InChI=1S/C12H13NO2S/c1-8-7-11(14)13(12(8)15)9-3-5-10(16-2)6-4-9/h3-6,8H,7H2,1-2H3. The van der Waals surface area contributed by atoms with Gasteiger partial charge < -0.3 is 0 Å². The van der Waals surface area contributed by atoms with Gasteiger partial charge in [0.05, 0.1) is 5.69 Å². The van der Waals surface area contributed by atoms with E-state index in [1.165, 1.54) is 4.90 Å². The van der Waals surface area contributed by atoms with E-state index in [1.807, 2.05) is 30.5 Å². The molecular weight excluding hydrogens is 222 g/mol. The van der Waals surface area contributed by atoms with Crippen molar-refractivity contribution < 1.29 is 9.59 Å². The van der Waals surface area contributed by atoms with Gasteiger partial charge in [-0.25, -0.2) is 0 Å². The highest BCUT2D eigenvalue weighted by Gasteiger charge is 2.36. The molecule has 1 saturated heterocycles. The Hall–Kier alpha value is -1.29. The van der Waals surface area contributed by atoms with Crippen LogP contribution < -0.4 is 4.90 Å². The Bertz CT molecular complexity index is 427. The minimum atomic E-state index is -0.187. The van der Waals surface area contributed by atoms with Crippen molar-refractivity contribution >= 4 is 29.3 Å². The van der Waals surface area contributed by atoms with Crippen molar-refractivity contribution in [3.05, 3.63) is 24.3 Å². The van der Waals surface area contributed by atoms with Crippen LogP contribution in [0.4, 0.5) is 5.69 Å². The molecule has 4 heteroatoms. The molecule has 0 radical (unpaired) electrons. The first kappa shape index (κ1) is 11.2. The van der Waals surface area contributed by atoms with Crippen LogP contribution in [-0.4, -0.2) is 18.1 Å². The quantitative estimate of drug-likeness (QED) is 0.583.